The summed E-state index contributed by atoms with van der Waals surface area (Å²) in [6, 6.07) is 18.2. The molecule has 1 saturated heterocycles. The fraction of sp³-hybridized carbons (Fsp3) is 0.333. The van der Waals surface area contributed by atoms with E-state index in [4.69, 9.17) is 5.26 Å². The maximum Gasteiger partial charge on any atom is 0.246 e. The molecule has 0 radical (unpaired) electrons. The Kier molecular flexibility index (Phi) is 6.49. The van der Waals surface area contributed by atoms with Crippen LogP contribution in [0.5, 0.6) is 0 Å². The van der Waals surface area contributed by atoms with Gasteiger partial charge in [0, 0.05) is 37.9 Å². The fourth-order valence-electron chi connectivity index (χ4n) is 3.41. The highest BCUT2D eigenvalue weighted by molar-refractivity contribution is 5.91. The second kappa shape index (κ2) is 9.23. The first kappa shape index (κ1) is 19.7. The van der Waals surface area contributed by atoms with Crippen LogP contribution in [-0.2, 0) is 4.79 Å². The Morgan fingerprint density at radius 1 is 1.00 bits per heavy atom. The second-order valence-corrected chi connectivity index (χ2v) is 7.48. The number of nitriles is 1. The third-order valence-electron chi connectivity index (χ3n) is 5.19. The SMILES string of the molecule is CC(C)c1ccc(/C=C/C(=O)N2CCCN(c3ccc(C#N)cc3)CC2)cc1. The number of carbonyl (C=O) groups is 1. The summed E-state index contributed by atoms with van der Waals surface area (Å²) in [5.41, 5.74) is 4.13. The molecular weight excluding hydrogens is 346 g/mol. The van der Waals surface area contributed by atoms with Crippen LogP contribution in [0.1, 0.15) is 42.9 Å². The molecule has 1 amide bonds. The Morgan fingerprint density at radius 3 is 2.36 bits per heavy atom. The van der Waals surface area contributed by atoms with E-state index in [9.17, 15) is 4.79 Å². The quantitative estimate of drug-likeness (QED) is 0.745. The summed E-state index contributed by atoms with van der Waals surface area (Å²) < 4.78 is 0. The molecular formula is C24H27N3O. The summed E-state index contributed by atoms with van der Waals surface area (Å²) in [7, 11) is 0. The molecule has 28 heavy (non-hydrogen) atoms. The van der Waals surface area contributed by atoms with E-state index in [1.54, 1.807) is 6.08 Å². The van der Waals surface area contributed by atoms with Crippen molar-refractivity contribution in [1.82, 2.24) is 4.90 Å². The minimum absolute atomic E-state index is 0.0645. The first-order valence-corrected chi connectivity index (χ1v) is 9.89. The first-order valence-electron chi connectivity index (χ1n) is 9.89. The zero-order valence-corrected chi connectivity index (χ0v) is 16.6. The van der Waals surface area contributed by atoms with Gasteiger partial charge in [-0.05, 0) is 53.8 Å². The lowest BCUT2D eigenvalue weighted by Crippen LogP contribution is -2.34. The van der Waals surface area contributed by atoms with Gasteiger partial charge < -0.3 is 9.80 Å². The minimum Gasteiger partial charge on any atom is -0.370 e. The highest BCUT2D eigenvalue weighted by Crippen LogP contribution is 2.18. The van der Waals surface area contributed by atoms with Crippen LogP contribution in [0, 0.1) is 11.3 Å². The molecule has 1 aliphatic heterocycles. The average Bonchev–Trinajstić information content (AvgIpc) is 2.99. The predicted molar refractivity (Wildman–Crippen MR) is 114 cm³/mol. The van der Waals surface area contributed by atoms with Gasteiger partial charge in [-0.1, -0.05) is 38.1 Å². The van der Waals surface area contributed by atoms with Crippen molar-refractivity contribution in [3.8, 4) is 6.07 Å². The maximum atomic E-state index is 12.6. The van der Waals surface area contributed by atoms with Crippen molar-refractivity contribution in [2.45, 2.75) is 26.2 Å². The monoisotopic (exact) mass is 373 g/mol. The Bertz CT molecular complexity index is 860. The molecule has 0 bridgehead atoms. The average molecular weight is 374 g/mol. The van der Waals surface area contributed by atoms with Crippen molar-refractivity contribution >= 4 is 17.7 Å². The van der Waals surface area contributed by atoms with E-state index in [2.05, 4.69) is 49.1 Å². The van der Waals surface area contributed by atoms with Crippen LogP contribution in [0.4, 0.5) is 5.69 Å². The number of amides is 1. The third-order valence-corrected chi connectivity index (χ3v) is 5.19. The summed E-state index contributed by atoms with van der Waals surface area (Å²) in [5.74, 6) is 0.574. The van der Waals surface area contributed by atoms with Gasteiger partial charge in [-0.3, -0.25) is 4.79 Å². The Labute approximate surface area is 167 Å². The van der Waals surface area contributed by atoms with Crippen LogP contribution in [0.25, 0.3) is 6.08 Å². The summed E-state index contributed by atoms with van der Waals surface area (Å²) in [6.45, 7) is 7.53. The van der Waals surface area contributed by atoms with Crippen molar-refractivity contribution in [2.24, 2.45) is 0 Å². The molecule has 0 aromatic heterocycles. The molecule has 0 spiro atoms. The first-order chi connectivity index (χ1) is 13.6. The Morgan fingerprint density at radius 2 is 1.71 bits per heavy atom. The van der Waals surface area contributed by atoms with Gasteiger partial charge in [0.1, 0.15) is 0 Å². The van der Waals surface area contributed by atoms with E-state index in [1.807, 2.05) is 35.2 Å². The number of hydrogen-bond acceptors (Lipinski definition) is 3. The topological polar surface area (TPSA) is 47.3 Å². The molecule has 0 saturated carbocycles. The van der Waals surface area contributed by atoms with Crippen LogP contribution in [-0.4, -0.2) is 37.0 Å². The van der Waals surface area contributed by atoms with Crippen molar-refractivity contribution in [2.75, 3.05) is 31.1 Å². The number of rotatable bonds is 4. The van der Waals surface area contributed by atoms with Gasteiger partial charge in [0.05, 0.1) is 11.6 Å². The van der Waals surface area contributed by atoms with E-state index in [0.29, 0.717) is 18.0 Å². The molecule has 0 N–H and O–H groups in total. The van der Waals surface area contributed by atoms with Gasteiger partial charge >= 0.3 is 0 Å². The highest BCUT2D eigenvalue weighted by Gasteiger charge is 2.17. The number of carbonyl (C=O) groups excluding carboxylic acids is 1. The molecule has 1 fully saturated rings. The zero-order valence-electron chi connectivity index (χ0n) is 16.6. The summed E-state index contributed by atoms with van der Waals surface area (Å²) in [6.07, 6.45) is 4.51. The summed E-state index contributed by atoms with van der Waals surface area (Å²) in [5, 5.41) is 8.94. The van der Waals surface area contributed by atoms with Crippen LogP contribution < -0.4 is 4.90 Å². The predicted octanol–water partition coefficient (Wildman–Crippen LogP) is 4.43. The number of nitrogens with zero attached hydrogens (tertiary/aromatic N) is 3. The molecule has 0 aliphatic carbocycles. The molecule has 0 unspecified atom stereocenters. The lowest BCUT2D eigenvalue weighted by atomic mass is 10.0. The van der Waals surface area contributed by atoms with Crippen molar-refractivity contribution < 1.29 is 4.79 Å². The molecule has 2 aromatic carbocycles. The lowest BCUT2D eigenvalue weighted by molar-refractivity contribution is -0.125. The van der Waals surface area contributed by atoms with Crippen LogP contribution in [0.3, 0.4) is 0 Å². The van der Waals surface area contributed by atoms with Crippen molar-refractivity contribution in [3.05, 3.63) is 71.3 Å². The van der Waals surface area contributed by atoms with E-state index in [0.717, 1.165) is 37.3 Å². The summed E-state index contributed by atoms with van der Waals surface area (Å²) in [4.78, 5) is 16.8. The van der Waals surface area contributed by atoms with Crippen LogP contribution in [0.15, 0.2) is 54.6 Å². The number of anilines is 1. The lowest BCUT2D eigenvalue weighted by Gasteiger charge is -2.23. The van der Waals surface area contributed by atoms with Gasteiger partial charge in [-0.25, -0.2) is 0 Å². The zero-order chi connectivity index (χ0) is 19.9. The Balaban J connectivity index is 1.58. The number of hydrogen-bond donors (Lipinski definition) is 0. The van der Waals surface area contributed by atoms with E-state index >= 15 is 0 Å². The maximum absolute atomic E-state index is 12.6. The number of benzene rings is 2. The molecule has 144 valence electrons. The van der Waals surface area contributed by atoms with Gasteiger partial charge in [0.25, 0.3) is 0 Å². The molecule has 4 heteroatoms. The van der Waals surface area contributed by atoms with Gasteiger partial charge in [-0.2, -0.15) is 5.26 Å². The van der Waals surface area contributed by atoms with Crippen molar-refractivity contribution in [1.29, 1.82) is 5.26 Å². The van der Waals surface area contributed by atoms with Gasteiger partial charge in [0.15, 0.2) is 0 Å². The van der Waals surface area contributed by atoms with E-state index in [1.165, 1.54) is 5.56 Å². The molecule has 1 heterocycles. The highest BCUT2D eigenvalue weighted by atomic mass is 16.2. The third kappa shape index (κ3) is 5.01. The van der Waals surface area contributed by atoms with E-state index < -0.39 is 0 Å². The van der Waals surface area contributed by atoms with Crippen LogP contribution in [0.2, 0.25) is 0 Å². The molecule has 2 aromatic rings. The van der Waals surface area contributed by atoms with Gasteiger partial charge in [-0.15, -0.1) is 0 Å². The minimum atomic E-state index is 0.0645. The molecule has 4 nitrogen and oxygen atoms in total. The molecule has 0 atom stereocenters. The van der Waals surface area contributed by atoms with E-state index in [-0.39, 0.29) is 5.91 Å². The normalized spacial score (nSPS) is 14.9. The Hall–Kier alpha value is -3.06. The molecule has 3 rings (SSSR count). The fourth-order valence-corrected chi connectivity index (χ4v) is 3.41. The van der Waals surface area contributed by atoms with Crippen LogP contribution >= 0.6 is 0 Å². The second-order valence-electron chi connectivity index (χ2n) is 7.48. The largest absolute Gasteiger partial charge is 0.370 e. The standard InChI is InChI=1S/C24H27N3O/c1-19(2)22-9-4-20(5-10-22)8-13-24(28)27-15-3-14-26(16-17-27)23-11-6-21(18-25)7-12-23/h4-13,19H,3,14-17H2,1-2H3/b13-8+. The molecule has 1 aliphatic rings. The van der Waals surface area contributed by atoms with Crippen molar-refractivity contribution in [3.63, 3.8) is 0 Å². The summed E-state index contributed by atoms with van der Waals surface area (Å²) >= 11 is 0. The smallest absolute Gasteiger partial charge is 0.246 e. The van der Waals surface area contributed by atoms with Gasteiger partial charge in [0.2, 0.25) is 5.91 Å².